The van der Waals surface area contributed by atoms with Crippen LogP contribution in [0.5, 0.6) is 0 Å². The molecule has 1 aliphatic heterocycles. The number of aryl methyl sites for hydroxylation is 2. The van der Waals surface area contributed by atoms with Gasteiger partial charge < -0.3 is 4.90 Å². The minimum Gasteiger partial charge on any atom is -0.322 e. The maximum Gasteiger partial charge on any atom is 0.346 e. The summed E-state index contributed by atoms with van der Waals surface area (Å²) in [7, 11) is 0. The molecular weight excluding hydrogens is 348 g/mol. The predicted molar refractivity (Wildman–Crippen MR) is 101 cm³/mol. The van der Waals surface area contributed by atoms with Crippen molar-refractivity contribution in [2.24, 2.45) is 0 Å². The first kappa shape index (κ1) is 16.8. The first-order chi connectivity index (χ1) is 12.6. The number of nitrogens with zero attached hydrogens (tertiary/aromatic N) is 4. The molecule has 2 aromatic heterocycles. The highest BCUT2D eigenvalue weighted by molar-refractivity contribution is 7.12. The van der Waals surface area contributed by atoms with E-state index in [1.54, 1.807) is 4.57 Å². The second-order valence-electron chi connectivity index (χ2n) is 6.35. The smallest absolute Gasteiger partial charge is 0.322 e. The van der Waals surface area contributed by atoms with E-state index in [0.717, 1.165) is 16.0 Å². The summed E-state index contributed by atoms with van der Waals surface area (Å²) >= 11 is 1.46. The molecule has 26 heavy (non-hydrogen) atoms. The maximum atomic E-state index is 13.3. The van der Waals surface area contributed by atoms with Gasteiger partial charge in [-0.25, -0.2) is 9.48 Å². The first-order valence-electron chi connectivity index (χ1n) is 8.69. The molecule has 0 N–H and O–H groups in total. The Morgan fingerprint density at radius 3 is 2.65 bits per heavy atom. The van der Waals surface area contributed by atoms with Crippen LogP contribution >= 0.6 is 11.3 Å². The van der Waals surface area contributed by atoms with Crippen molar-refractivity contribution in [3.8, 4) is 0 Å². The molecule has 7 heteroatoms. The highest BCUT2D eigenvalue weighted by atomic mass is 32.1. The fourth-order valence-electron chi connectivity index (χ4n) is 3.46. The van der Waals surface area contributed by atoms with Gasteiger partial charge in [-0.1, -0.05) is 30.3 Å². The Balaban J connectivity index is 1.85. The molecule has 0 aliphatic carbocycles. The van der Waals surface area contributed by atoms with Gasteiger partial charge >= 0.3 is 5.69 Å². The molecule has 0 saturated carbocycles. The quantitative estimate of drug-likeness (QED) is 0.714. The van der Waals surface area contributed by atoms with Crippen LogP contribution in [-0.4, -0.2) is 31.7 Å². The molecule has 0 fully saturated rings. The molecule has 0 bridgehead atoms. The van der Waals surface area contributed by atoms with E-state index in [1.807, 2.05) is 60.5 Å². The molecule has 3 heterocycles. The van der Waals surface area contributed by atoms with E-state index in [4.69, 9.17) is 0 Å². The standard InChI is InChI=1S/C19H20N4O2S/c1-3-23-19(25)22-11-10-21(18(24)16-13(2)9-12-26-16)15(17(22)20-23)14-7-5-4-6-8-14/h4-9,12,15H,3,10-11H2,1-2H3. The Kier molecular flexibility index (Phi) is 4.24. The summed E-state index contributed by atoms with van der Waals surface area (Å²) in [6.07, 6.45) is 0. The van der Waals surface area contributed by atoms with Crippen molar-refractivity contribution in [3.05, 3.63) is 74.1 Å². The van der Waals surface area contributed by atoms with E-state index < -0.39 is 0 Å². The van der Waals surface area contributed by atoms with Crippen LogP contribution in [0.3, 0.4) is 0 Å². The van der Waals surface area contributed by atoms with Gasteiger partial charge in [0.1, 0.15) is 6.04 Å². The zero-order chi connectivity index (χ0) is 18.3. The third-order valence-corrected chi connectivity index (χ3v) is 5.81. The SMILES string of the molecule is CCn1nc2n(c1=O)CCN(C(=O)c1sccc1C)C2c1ccccc1. The third kappa shape index (κ3) is 2.59. The summed E-state index contributed by atoms with van der Waals surface area (Å²) in [4.78, 5) is 28.4. The van der Waals surface area contributed by atoms with Crippen LogP contribution in [-0.2, 0) is 13.1 Å². The summed E-state index contributed by atoms with van der Waals surface area (Å²) in [5.74, 6) is 0.632. The average molecular weight is 368 g/mol. The van der Waals surface area contributed by atoms with Gasteiger partial charge in [-0.3, -0.25) is 9.36 Å². The molecule has 6 nitrogen and oxygen atoms in total. The van der Waals surface area contributed by atoms with E-state index in [2.05, 4.69) is 5.10 Å². The van der Waals surface area contributed by atoms with Crippen LogP contribution in [0.15, 0.2) is 46.6 Å². The number of thiophene rings is 1. The number of fused-ring (bicyclic) bond motifs is 1. The van der Waals surface area contributed by atoms with Crippen LogP contribution in [0.1, 0.15) is 39.6 Å². The van der Waals surface area contributed by atoms with Crippen LogP contribution < -0.4 is 5.69 Å². The third-order valence-electron chi connectivity index (χ3n) is 4.80. The van der Waals surface area contributed by atoms with Crippen LogP contribution in [0.2, 0.25) is 0 Å². The highest BCUT2D eigenvalue weighted by Crippen LogP contribution is 2.32. The Labute approximate surface area is 155 Å². The topological polar surface area (TPSA) is 60.1 Å². The van der Waals surface area contributed by atoms with Gasteiger partial charge in [0, 0.05) is 19.6 Å². The zero-order valence-electron chi connectivity index (χ0n) is 14.8. The van der Waals surface area contributed by atoms with Gasteiger partial charge in [0.2, 0.25) is 0 Å². The highest BCUT2D eigenvalue weighted by Gasteiger charge is 2.36. The van der Waals surface area contributed by atoms with Gasteiger partial charge in [-0.05, 0) is 36.4 Å². The summed E-state index contributed by atoms with van der Waals surface area (Å²) < 4.78 is 3.17. The lowest BCUT2D eigenvalue weighted by atomic mass is 10.0. The fraction of sp³-hybridized carbons (Fsp3) is 0.316. The molecule has 3 aromatic rings. The Morgan fingerprint density at radius 1 is 1.23 bits per heavy atom. The lowest BCUT2D eigenvalue weighted by molar-refractivity contribution is 0.0661. The molecule has 4 rings (SSSR count). The summed E-state index contributed by atoms with van der Waals surface area (Å²) in [6, 6.07) is 11.4. The Morgan fingerprint density at radius 2 is 2.00 bits per heavy atom. The van der Waals surface area contributed by atoms with Gasteiger partial charge in [0.05, 0.1) is 4.88 Å². The maximum absolute atomic E-state index is 13.3. The van der Waals surface area contributed by atoms with Crippen molar-refractivity contribution in [1.82, 2.24) is 19.2 Å². The minimum atomic E-state index is -0.362. The van der Waals surface area contributed by atoms with Crippen LogP contribution in [0.25, 0.3) is 0 Å². The van der Waals surface area contributed by atoms with Crippen molar-refractivity contribution in [2.45, 2.75) is 33.0 Å². The Bertz CT molecular complexity index is 1000. The van der Waals surface area contributed by atoms with Gasteiger partial charge in [-0.2, -0.15) is 5.10 Å². The molecule has 1 atom stereocenters. The number of hydrogen-bond acceptors (Lipinski definition) is 4. The monoisotopic (exact) mass is 368 g/mol. The largest absolute Gasteiger partial charge is 0.346 e. The molecule has 1 aromatic carbocycles. The normalized spacial score (nSPS) is 16.5. The number of carbonyl (C=O) groups is 1. The number of carbonyl (C=O) groups excluding carboxylic acids is 1. The van der Waals surface area contributed by atoms with Gasteiger partial charge in [-0.15, -0.1) is 11.3 Å². The van der Waals surface area contributed by atoms with E-state index in [0.29, 0.717) is 25.5 Å². The van der Waals surface area contributed by atoms with Crippen molar-refractivity contribution in [3.63, 3.8) is 0 Å². The molecule has 0 spiro atoms. The Hall–Kier alpha value is -2.67. The van der Waals surface area contributed by atoms with Crippen LogP contribution in [0.4, 0.5) is 0 Å². The summed E-state index contributed by atoms with van der Waals surface area (Å²) in [5, 5.41) is 6.48. The molecule has 134 valence electrons. The minimum absolute atomic E-state index is 0.00361. The van der Waals surface area contributed by atoms with Gasteiger partial charge in [0.25, 0.3) is 5.91 Å². The van der Waals surface area contributed by atoms with Crippen molar-refractivity contribution >= 4 is 17.2 Å². The summed E-state index contributed by atoms with van der Waals surface area (Å²) in [6.45, 7) is 5.31. The molecule has 1 unspecified atom stereocenters. The van der Waals surface area contributed by atoms with Crippen molar-refractivity contribution < 1.29 is 4.79 Å². The first-order valence-corrected chi connectivity index (χ1v) is 9.57. The number of benzene rings is 1. The van der Waals surface area contributed by atoms with E-state index in [1.165, 1.54) is 16.0 Å². The lowest BCUT2D eigenvalue weighted by Gasteiger charge is -2.35. The lowest BCUT2D eigenvalue weighted by Crippen LogP contribution is -2.44. The predicted octanol–water partition coefficient (Wildman–Crippen LogP) is 2.68. The second-order valence-corrected chi connectivity index (χ2v) is 7.27. The second kappa shape index (κ2) is 6.57. The van der Waals surface area contributed by atoms with E-state index in [9.17, 15) is 9.59 Å². The average Bonchev–Trinajstić information content (AvgIpc) is 3.24. The number of aromatic nitrogens is 3. The fourth-order valence-corrected chi connectivity index (χ4v) is 4.34. The van der Waals surface area contributed by atoms with Crippen LogP contribution in [0, 0.1) is 6.92 Å². The molecule has 1 amide bonds. The molecule has 0 radical (unpaired) electrons. The molecule has 0 saturated heterocycles. The number of hydrogen-bond donors (Lipinski definition) is 0. The molecular formula is C19H20N4O2S. The van der Waals surface area contributed by atoms with E-state index >= 15 is 0 Å². The molecule has 1 aliphatic rings. The van der Waals surface area contributed by atoms with Crippen molar-refractivity contribution in [2.75, 3.05) is 6.54 Å². The van der Waals surface area contributed by atoms with E-state index in [-0.39, 0.29) is 17.6 Å². The zero-order valence-corrected chi connectivity index (χ0v) is 15.6. The number of rotatable bonds is 3. The summed E-state index contributed by atoms with van der Waals surface area (Å²) in [5.41, 5.74) is 1.83. The van der Waals surface area contributed by atoms with Gasteiger partial charge in [0.15, 0.2) is 5.82 Å². The van der Waals surface area contributed by atoms with Crippen molar-refractivity contribution in [1.29, 1.82) is 0 Å². The number of amides is 1.